The molecule has 0 atom stereocenters. The SMILES string of the molecule is CCOC(=O)N1CCN(c2cc(C)nc(NCc3ccccc3OC)n2)CC1. The zero-order valence-corrected chi connectivity index (χ0v) is 16.6. The highest BCUT2D eigenvalue weighted by Crippen LogP contribution is 2.20. The van der Waals surface area contributed by atoms with Gasteiger partial charge in [0.05, 0.1) is 13.7 Å². The Balaban J connectivity index is 1.64. The Bertz CT molecular complexity index is 806. The summed E-state index contributed by atoms with van der Waals surface area (Å²) >= 11 is 0. The van der Waals surface area contributed by atoms with E-state index in [1.807, 2.05) is 44.2 Å². The lowest BCUT2D eigenvalue weighted by Gasteiger charge is -2.34. The predicted octanol–water partition coefficient (Wildman–Crippen LogP) is 2.68. The molecule has 2 aromatic rings. The highest BCUT2D eigenvalue weighted by atomic mass is 16.6. The van der Waals surface area contributed by atoms with Crippen LogP contribution in [0.1, 0.15) is 18.2 Å². The zero-order chi connectivity index (χ0) is 19.9. The number of anilines is 2. The average Bonchev–Trinajstić information content (AvgIpc) is 2.72. The standard InChI is InChI=1S/C20H27N5O3/c1-4-28-20(26)25-11-9-24(10-12-25)18-13-15(2)22-19(23-18)21-14-16-7-5-6-8-17(16)27-3/h5-8,13H,4,9-12,14H2,1-3H3,(H,21,22,23). The van der Waals surface area contributed by atoms with Crippen molar-refractivity contribution >= 4 is 17.9 Å². The summed E-state index contributed by atoms with van der Waals surface area (Å²) in [5.74, 6) is 2.27. The lowest BCUT2D eigenvalue weighted by molar-refractivity contribution is 0.105. The third-order valence-corrected chi connectivity index (χ3v) is 4.60. The van der Waals surface area contributed by atoms with Gasteiger partial charge in [0.2, 0.25) is 5.95 Å². The molecule has 0 saturated carbocycles. The number of nitrogens with zero attached hydrogens (tertiary/aromatic N) is 4. The number of amides is 1. The first-order valence-electron chi connectivity index (χ1n) is 9.48. The molecule has 150 valence electrons. The van der Waals surface area contributed by atoms with Gasteiger partial charge < -0.3 is 24.6 Å². The summed E-state index contributed by atoms with van der Waals surface area (Å²) in [6, 6.07) is 9.83. The van der Waals surface area contributed by atoms with Crippen molar-refractivity contribution in [3.05, 3.63) is 41.6 Å². The van der Waals surface area contributed by atoms with E-state index in [9.17, 15) is 4.79 Å². The minimum Gasteiger partial charge on any atom is -0.496 e. The van der Waals surface area contributed by atoms with Gasteiger partial charge >= 0.3 is 6.09 Å². The first-order valence-corrected chi connectivity index (χ1v) is 9.48. The molecule has 0 aliphatic carbocycles. The van der Waals surface area contributed by atoms with Gasteiger partial charge in [-0.25, -0.2) is 9.78 Å². The summed E-state index contributed by atoms with van der Waals surface area (Å²) in [6.07, 6.45) is -0.250. The molecular formula is C20H27N5O3. The highest BCUT2D eigenvalue weighted by molar-refractivity contribution is 5.68. The van der Waals surface area contributed by atoms with Gasteiger partial charge in [-0.2, -0.15) is 4.98 Å². The van der Waals surface area contributed by atoms with Gasteiger partial charge in [-0.05, 0) is 19.9 Å². The molecule has 1 aromatic carbocycles. The molecule has 1 aliphatic heterocycles. The van der Waals surface area contributed by atoms with Crippen molar-refractivity contribution in [3.63, 3.8) is 0 Å². The van der Waals surface area contributed by atoms with Crippen molar-refractivity contribution in [1.29, 1.82) is 0 Å². The quantitative estimate of drug-likeness (QED) is 0.819. The van der Waals surface area contributed by atoms with Crippen LogP contribution in [0, 0.1) is 6.92 Å². The fourth-order valence-corrected chi connectivity index (χ4v) is 3.15. The molecule has 28 heavy (non-hydrogen) atoms. The van der Waals surface area contributed by atoms with Crippen LogP contribution in [0.4, 0.5) is 16.6 Å². The van der Waals surface area contributed by atoms with Crippen LogP contribution in [0.5, 0.6) is 5.75 Å². The molecule has 0 unspecified atom stereocenters. The largest absolute Gasteiger partial charge is 0.496 e. The Morgan fingerprint density at radius 3 is 2.64 bits per heavy atom. The summed E-state index contributed by atoms with van der Waals surface area (Å²) < 4.78 is 10.5. The molecule has 8 nitrogen and oxygen atoms in total. The van der Waals surface area contributed by atoms with E-state index in [0.717, 1.165) is 22.8 Å². The van der Waals surface area contributed by atoms with Gasteiger partial charge in [-0.1, -0.05) is 18.2 Å². The number of rotatable bonds is 6. The minimum absolute atomic E-state index is 0.250. The second-order valence-corrected chi connectivity index (χ2v) is 6.53. The third kappa shape index (κ3) is 4.82. The van der Waals surface area contributed by atoms with Crippen LogP contribution in [-0.2, 0) is 11.3 Å². The van der Waals surface area contributed by atoms with E-state index >= 15 is 0 Å². The Hall–Kier alpha value is -3.03. The zero-order valence-electron chi connectivity index (χ0n) is 16.6. The summed E-state index contributed by atoms with van der Waals surface area (Å²) in [6.45, 7) is 7.39. The Morgan fingerprint density at radius 2 is 1.93 bits per heavy atom. The van der Waals surface area contributed by atoms with E-state index in [2.05, 4.69) is 20.2 Å². The third-order valence-electron chi connectivity index (χ3n) is 4.60. The predicted molar refractivity (Wildman–Crippen MR) is 108 cm³/mol. The molecule has 0 bridgehead atoms. The number of hydrogen-bond acceptors (Lipinski definition) is 7. The lowest BCUT2D eigenvalue weighted by Crippen LogP contribution is -2.49. The first kappa shape index (κ1) is 19.7. The smallest absolute Gasteiger partial charge is 0.409 e. The van der Waals surface area contributed by atoms with Gasteiger partial charge in [0, 0.05) is 50.0 Å². The fourth-order valence-electron chi connectivity index (χ4n) is 3.15. The maximum atomic E-state index is 11.9. The minimum atomic E-state index is -0.250. The maximum absolute atomic E-state index is 11.9. The topological polar surface area (TPSA) is 79.8 Å². The fraction of sp³-hybridized carbons (Fsp3) is 0.450. The van der Waals surface area contributed by atoms with Gasteiger partial charge in [0.1, 0.15) is 11.6 Å². The summed E-state index contributed by atoms with van der Waals surface area (Å²) in [5, 5.41) is 3.29. The number of methoxy groups -OCH3 is 1. The van der Waals surface area contributed by atoms with Gasteiger partial charge in [0.25, 0.3) is 0 Å². The maximum Gasteiger partial charge on any atom is 0.409 e. The van der Waals surface area contributed by atoms with Crippen LogP contribution in [0.3, 0.4) is 0 Å². The number of hydrogen-bond donors (Lipinski definition) is 1. The van der Waals surface area contributed by atoms with Gasteiger partial charge in [-0.15, -0.1) is 0 Å². The number of piperazine rings is 1. The van der Waals surface area contributed by atoms with Crippen LogP contribution in [-0.4, -0.2) is 60.9 Å². The Kier molecular flexibility index (Phi) is 6.52. The summed E-state index contributed by atoms with van der Waals surface area (Å²) in [4.78, 5) is 24.9. The van der Waals surface area contributed by atoms with E-state index in [1.165, 1.54) is 0 Å². The Labute approximate surface area is 165 Å². The number of carbonyl (C=O) groups excluding carboxylic acids is 1. The van der Waals surface area contributed by atoms with E-state index in [1.54, 1.807) is 12.0 Å². The molecule has 0 spiro atoms. The Morgan fingerprint density at radius 1 is 1.18 bits per heavy atom. The molecule has 2 heterocycles. The lowest BCUT2D eigenvalue weighted by atomic mass is 10.2. The van der Waals surface area contributed by atoms with E-state index < -0.39 is 0 Å². The van der Waals surface area contributed by atoms with Gasteiger partial charge in [0.15, 0.2) is 0 Å². The first-order chi connectivity index (χ1) is 13.6. The van der Waals surface area contributed by atoms with Crippen LogP contribution in [0.25, 0.3) is 0 Å². The monoisotopic (exact) mass is 385 g/mol. The second kappa shape index (κ2) is 9.25. The number of aryl methyl sites for hydroxylation is 1. The molecule has 8 heteroatoms. The molecule has 1 N–H and O–H groups in total. The van der Waals surface area contributed by atoms with Crippen LogP contribution < -0.4 is 15.0 Å². The molecule has 1 amide bonds. The summed E-state index contributed by atoms with van der Waals surface area (Å²) in [7, 11) is 1.66. The molecule has 1 saturated heterocycles. The molecular weight excluding hydrogens is 358 g/mol. The van der Waals surface area contributed by atoms with Crippen molar-refractivity contribution in [1.82, 2.24) is 14.9 Å². The average molecular weight is 385 g/mol. The molecule has 0 radical (unpaired) electrons. The number of para-hydroxylation sites is 1. The summed E-state index contributed by atoms with van der Waals surface area (Å²) in [5.41, 5.74) is 1.93. The van der Waals surface area contributed by atoms with Crippen molar-refractivity contribution in [3.8, 4) is 5.75 Å². The van der Waals surface area contributed by atoms with Crippen LogP contribution in [0.15, 0.2) is 30.3 Å². The number of carbonyl (C=O) groups is 1. The van der Waals surface area contributed by atoms with E-state index in [-0.39, 0.29) is 6.09 Å². The van der Waals surface area contributed by atoms with Crippen molar-refractivity contribution in [2.45, 2.75) is 20.4 Å². The van der Waals surface area contributed by atoms with Crippen LogP contribution >= 0.6 is 0 Å². The molecule has 3 rings (SSSR count). The number of benzene rings is 1. The number of aromatic nitrogens is 2. The van der Waals surface area contributed by atoms with Gasteiger partial charge in [-0.3, -0.25) is 0 Å². The normalized spacial score (nSPS) is 14.0. The highest BCUT2D eigenvalue weighted by Gasteiger charge is 2.23. The van der Waals surface area contributed by atoms with Crippen molar-refractivity contribution < 1.29 is 14.3 Å². The molecule has 1 aromatic heterocycles. The number of nitrogens with one attached hydrogen (secondary N) is 1. The number of ether oxygens (including phenoxy) is 2. The van der Waals surface area contributed by atoms with Crippen LogP contribution in [0.2, 0.25) is 0 Å². The van der Waals surface area contributed by atoms with Crippen molar-refractivity contribution in [2.75, 3.05) is 50.1 Å². The second-order valence-electron chi connectivity index (χ2n) is 6.53. The van der Waals surface area contributed by atoms with E-state index in [0.29, 0.717) is 45.3 Å². The molecule has 1 fully saturated rings. The molecule has 1 aliphatic rings. The van der Waals surface area contributed by atoms with E-state index in [4.69, 9.17) is 9.47 Å². The van der Waals surface area contributed by atoms with Crippen molar-refractivity contribution in [2.24, 2.45) is 0 Å².